The number of aromatic nitrogens is 1. The number of unbranched alkanes of at least 4 members (excludes halogenated alkanes) is 1. The fourth-order valence-electron chi connectivity index (χ4n) is 5.52. The Hall–Kier alpha value is -3.97. The normalized spacial score (nSPS) is 16.4. The highest BCUT2D eigenvalue weighted by molar-refractivity contribution is 7.92. The number of hydrogen-bond donors (Lipinski definition) is 1. The summed E-state index contributed by atoms with van der Waals surface area (Å²) in [5.41, 5.74) is 1.97. The molecule has 1 N–H and O–H groups in total. The Labute approximate surface area is 234 Å². The van der Waals surface area contributed by atoms with E-state index >= 15 is 0 Å². The molecule has 0 radical (unpaired) electrons. The minimum atomic E-state index is -4.04. The molecule has 0 atom stereocenters. The molecule has 9 nitrogen and oxygen atoms in total. The number of sulfonamides is 1. The van der Waals surface area contributed by atoms with Gasteiger partial charge in [-0.1, -0.05) is 61.7 Å². The van der Waals surface area contributed by atoms with Crippen LogP contribution in [-0.4, -0.2) is 35.8 Å². The summed E-state index contributed by atoms with van der Waals surface area (Å²) in [5, 5.41) is 13.9. The Bertz CT molecular complexity index is 1630. The van der Waals surface area contributed by atoms with Gasteiger partial charge in [0, 0.05) is 23.1 Å². The first-order valence-electron chi connectivity index (χ1n) is 13.7. The molecule has 40 heavy (non-hydrogen) atoms. The molecular formula is C30H33N5O4S. The van der Waals surface area contributed by atoms with E-state index in [1.165, 1.54) is 6.07 Å². The molecule has 1 spiro atoms. The number of carbonyl (C=O) groups is 1. The van der Waals surface area contributed by atoms with E-state index in [-0.39, 0.29) is 16.6 Å². The predicted molar refractivity (Wildman–Crippen MR) is 152 cm³/mol. The number of carbonyl (C=O) groups excluding carboxylic acids is 1. The lowest BCUT2D eigenvalue weighted by atomic mass is 9.96. The van der Waals surface area contributed by atoms with Crippen LogP contribution in [0.2, 0.25) is 0 Å². The average molecular weight is 560 g/mol. The summed E-state index contributed by atoms with van der Waals surface area (Å²) in [5.74, 6) is 1.53. The quantitative estimate of drug-likeness (QED) is 0.349. The standard InChI is InChI=1S/C30H33N5O4S/c1-4-5-12-27-32-30(15-8-9-16-30)29(36)35(27)19-22-13-14-24(23(17-22)18-31)25-10-6-7-11-26(25)40(37,38)34-28-20(2)21(3)39-33-28/h6-7,10-11,13-14,17H,4-5,8-9,12,15-16,19H2,1-3H3,(H,33,34). The monoisotopic (exact) mass is 559 g/mol. The van der Waals surface area contributed by atoms with E-state index in [0.717, 1.165) is 56.3 Å². The van der Waals surface area contributed by atoms with Crippen LogP contribution in [0.15, 0.2) is 56.9 Å². The molecule has 0 saturated heterocycles. The molecule has 2 heterocycles. The van der Waals surface area contributed by atoms with Crippen molar-refractivity contribution in [1.82, 2.24) is 10.1 Å². The maximum atomic E-state index is 13.5. The maximum absolute atomic E-state index is 13.5. The van der Waals surface area contributed by atoms with Gasteiger partial charge in [-0.2, -0.15) is 5.26 Å². The van der Waals surface area contributed by atoms with Gasteiger partial charge in [-0.15, -0.1) is 0 Å². The molecule has 208 valence electrons. The lowest BCUT2D eigenvalue weighted by molar-refractivity contribution is -0.131. The highest BCUT2D eigenvalue weighted by Crippen LogP contribution is 2.40. The summed E-state index contributed by atoms with van der Waals surface area (Å²) in [7, 11) is -4.04. The van der Waals surface area contributed by atoms with Gasteiger partial charge in [0.15, 0.2) is 5.82 Å². The second-order valence-corrected chi connectivity index (χ2v) is 12.2. The van der Waals surface area contributed by atoms with E-state index in [0.29, 0.717) is 34.6 Å². The van der Waals surface area contributed by atoms with Crippen LogP contribution < -0.4 is 4.72 Å². The molecule has 10 heteroatoms. The molecule has 1 fully saturated rings. The number of rotatable bonds is 9. The fraction of sp³-hybridized carbons (Fsp3) is 0.400. The number of nitrogens with zero attached hydrogens (tertiary/aromatic N) is 4. The van der Waals surface area contributed by atoms with E-state index in [9.17, 15) is 18.5 Å². The highest BCUT2D eigenvalue weighted by Gasteiger charge is 2.49. The Kier molecular flexibility index (Phi) is 7.51. The van der Waals surface area contributed by atoms with Gasteiger partial charge in [0.05, 0.1) is 23.1 Å². The Balaban J connectivity index is 1.46. The first-order chi connectivity index (χ1) is 19.2. The molecule has 1 aliphatic carbocycles. The smallest absolute Gasteiger partial charge is 0.263 e. The van der Waals surface area contributed by atoms with Crippen LogP contribution in [0.25, 0.3) is 11.1 Å². The molecule has 1 aliphatic heterocycles. The fourth-order valence-corrected chi connectivity index (χ4v) is 6.80. The number of aryl methyl sites for hydroxylation is 1. The predicted octanol–water partition coefficient (Wildman–Crippen LogP) is 5.87. The number of amides is 1. The van der Waals surface area contributed by atoms with Crippen LogP contribution in [-0.2, 0) is 21.4 Å². The van der Waals surface area contributed by atoms with Gasteiger partial charge in [-0.3, -0.25) is 19.4 Å². The summed E-state index contributed by atoms with van der Waals surface area (Å²) in [6.07, 6.45) is 6.28. The summed E-state index contributed by atoms with van der Waals surface area (Å²) < 4.78 is 34.4. The van der Waals surface area contributed by atoms with Gasteiger partial charge >= 0.3 is 0 Å². The topological polar surface area (TPSA) is 129 Å². The SMILES string of the molecule is CCCCC1=NC2(CCCC2)C(=O)N1Cc1ccc(-c2ccccc2S(=O)(=O)Nc2noc(C)c2C)c(C#N)c1. The minimum absolute atomic E-state index is 0.0196. The Morgan fingerprint density at radius 2 is 1.88 bits per heavy atom. The van der Waals surface area contributed by atoms with Crippen molar-refractivity contribution in [2.45, 2.75) is 82.7 Å². The maximum Gasteiger partial charge on any atom is 0.263 e. The Morgan fingerprint density at radius 1 is 1.12 bits per heavy atom. The van der Waals surface area contributed by atoms with Crippen molar-refractivity contribution in [3.63, 3.8) is 0 Å². The third-order valence-corrected chi connectivity index (χ3v) is 9.28. The molecule has 1 saturated carbocycles. The van der Waals surface area contributed by atoms with Gasteiger partial charge in [-0.25, -0.2) is 8.42 Å². The van der Waals surface area contributed by atoms with Crippen molar-refractivity contribution in [2.24, 2.45) is 4.99 Å². The van der Waals surface area contributed by atoms with E-state index in [4.69, 9.17) is 9.52 Å². The van der Waals surface area contributed by atoms with Gasteiger partial charge in [0.2, 0.25) is 0 Å². The lowest BCUT2D eigenvalue weighted by Crippen LogP contribution is -2.40. The van der Waals surface area contributed by atoms with Crippen LogP contribution in [0.3, 0.4) is 0 Å². The van der Waals surface area contributed by atoms with Crippen LogP contribution in [0.1, 0.15) is 74.3 Å². The van der Waals surface area contributed by atoms with E-state index in [2.05, 4.69) is 22.9 Å². The van der Waals surface area contributed by atoms with E-state index < -0.39 is 15.6 Å². The molecule has 3 aromatic rings. The van der Waals surface area contributed by atoms with Crippen molar-refractivity contribution >= 4 is 27.6 Å². The first kappa shape index (κ1) is 27.6. The van der Waals surface area contributed by atoms with E-state index in [1.807, 2.05) is 6.07 Å². The van der Waals surface area contributed by atoms with Crippen molar-refractivity contribution in [1.29, 1.82) is 5.26 Å². The van der Waals surface area contributed by atoms with E-state index in [1.54, 1.807) is 49.1 Å². The summed E-state index contributed by atoms with van der Waals surface area (Å²) >= 11 is 0. The molecule has 0 bridgehead atoms. The third kappa shape index (κ3) is 5.02. The zero-order chi connectivity index (χ0) is 28.5. The zero-order valence-electron chi connectivity index (χ0n) is 23.0. The molecular weight excluding hydrogens is 526 g/mol. The summed E-state index contributed by atoms with van der Waals surface area (Å²) in [6.45, 7) is 5.87. The van der Waals surface area contributed by atoms with Gasteiger partial charge in [0.25, 0.3) is 15.9 Å². The number of hydrogen-bond acceptors (Lipinski definition) is 7. The molecule has 1 aromatic heterocycles. The molecule has 2 aliphatic rings. The number of aliphatic imine (C=N–C) groups is 1. The van der Waals surface area contributed by atoms with Crippen LogP contribution in [0.5, 0.6) is 0 Å². The largest absolute Gasteiger partial charge is 0.359 e. The highest BCUT2D eigenvalue weighted by atomic mass is 32.2. The van der Waals surface area contributed by atoms with Crippen molar-refractivity contribution in [3.8, 4) is 17.2 Å². The molecule has 0 unspecified atom stereocenters. The Morgan fingerprint density at radius 3 is 2.55 bits per heavy atom. The van der Waals surface area contributed by atoms with Gasteiger partial charge < -0.3 is 4.52 Å². The lowest BCUT2D eigenvalue weighted by Gasteiger charge is -2.23. The minimum Gasteiger partial charge on any atom is -0.359 e. The number of amidine groups is 1. The van der Waals surface area contributed by atoms with Crippen molar-refractivity contribution in [2.75, 3.05) is 4.72 Å². The average Bonchev–Trinajstić information content (AvgIpc) is 3.63. The zero-order valence-corrected chi connectivity index (χ0v) is 23.8. The summed E-state index contributed by atoms with van der Waals surface area (Å²) in [6, 6.07) is 14.1. The number of anilines is 1. The van der Waals surface area contributed by atoms with Crippen LogP contribution in [0, 0.1) is 25.2 Å². The van der Waals surface area contributed by atoms with Crippen molar-refractivity contribution < 1.29 is 17.7 Å². The number of nitriles is 1. The molecule has 2 aromatic carbocycles. The number of nitrogens with one attached hydrogen (secondary N) is 1. The van der Waals surface area contributed by atoms with Crippen LogP contribution in [0.4, 0.5) is 5.82 Å². The summed E-state index contributed by atoms with van der Waals surface area (Å²) in [4.78, 5) is 20.3. The molecule has 5 rings (SSSR count). The first-order valence-corrected chi connectivity index (χ1v) is 15.2. The van der Waals surface area contributed by atoms with Crippen molar-refractivity contribution in [3.05, 3.63) is 64.9 Å². The second kappa shape index (κ2) is 10.9. The second-order valence-electron chi connectivity index (χ2n) is 10.6. The number of benzene rings is 2. The van der Waals surface area contributed by atoms with Gasteiger partial charge in [-0.05, 0) is 50.8 Å². The van der Waals surface area contributed by atoms with Crippen LogP contribution >= 0.6 is 0 Å². The third-order valence-electron chi connectivity index (χ3n) is 7.88. The molecule has 1 amide bonds. The van der Waals surface area contributed by atoms with Gasteiger partial charge in [0.1, 0.15) is 17.1 Å².